The molecule has 44 valence electrons. The Bertz CT molecular complexity index is 125. The molecular weight excluding hydrogens is 126 g/mol. The fourth-order valence-corrected chi connectivity index (χ4v) is 0.385. The zero-order chi connectivity index (χ0) is 6.41. The smallest absolute Gasteiger partial charge is 0.193 e. The van der Waals surface area contributed by atoms with Gasteiger partial charge in [-0.3, -0.25) is 0 Å². The molecule has 0 radical (unpaired) electrons. The van der Waals surface area contributed by atoms with Gasteiger partial charge in [-0.15, -0.1) is 11.6 Å². The van der Waals surface area contributed by atoms with Crippen molar-refractivity contribution in [3.8, 4) is 6.07 Å². The predicted molar refractivity (Wildman–Crippen MR) is 31.4 cm³/mol. The van der Waals surface area contributed by atoms with E-state index in [0.717, 1.165) is 0 Å². The van der Waals surface area contributed by atoms with Crippen LogP contribution in [-0.2, 0) is 4.74 Å². The molecule has 0 aliphatic heterocycles. The highest BCUT2D eigenvalue weighted by atomic mass is 35.5. The molecule has 0 aromatic carbocycles. The zero-order valence-electron chi connectivity index (χ0n) is 4.52. The van der Waals surface area contributed by atoms with Crippen molar-refractivity contribution in [3.05, 3.63) is 11.8 Å². The van der Waals surface area contributed by atoms with Crippen molar-refractivity contribution >= 4 is 11.6 Å². The molecule has 0 aliphatic carbocycles. The third-order valence-corrected chi connectivity index (χ3v) is 0.747. The van der Waals surface area contributed by atoms with E-state index in [1.807, 2.05) is 6.07 Å². The summed E-state index contributed by atoms with van der Waals surface area (Å²) in [6.45, 7) is 0. The van der Waals surface area contributed by atoms with Crippen LogP contribution in [0.15, 0.2) is 11.8 Å². The van der Waals surface area contributed by atoms with Crippen molar-refractivity contribution in [1.82, 2.24) is 0 Å². The molecular formula is C5H6ClNO. The third kappa shape index (κ3) is 2.49. The highest BCUT2D eigenvalue weighted by molar-refractivity contribution is 6.18. The van der Waals surface area contributed by atoms with E-state index in [4.69, 9.17) is 16.9 Å². The molecule has 0 fully saturated rings. The van der Waals surface area contributed by atoms with Crippen molar-refractivity contribution in [1.29, 1.82) is 5.26 Å². The molecule has 0 amide bonds. The summed E-state index contributed by atoms with van der Waals surface area (Å²) in [6, 6.07) is 1.81. The average Bonchev–Trinajstić information content (AvgIpc) is 1.83. The minimum absolute atomic E-state index is 0.264. The minimum atomic E-state index is 0.264. The number of alkyl halides is 1. The van der Waals surface area contributed by atoms with Crippen LogP contribution in [-0.4, -0.2) is 13.0 Å². The minimum Gasteiger partial charge on any atom is -0.487 e. The Labute approximate surface area is 53.3 Å². The number of halogens is 1. The maximum Gasteiger partial charge on any atom is 0.193 e. The van der Waals surface area contributed by atoms with Crippen LogP contribution in [0.1, 0.15) is 0 Å². The molecule has 0 heterocycles. The highest BCUT2D eigenvalue weighted by Gasteiger charge is 1.86. The highest BCUT2D eigenvalue weighted by Crippen LogP contribution is 1.91. The summed E-state index contributed by atoms with van der Waals surface area (Å²) >= 11 is 5.25. The first-order valence-electron chi connectivity index (χ1n) is 2.05. The molecule has 3 heteroatoms. The molecule has 0 saturated heterocycles. The van der Waals surface area contributed by atoms with Crippen molar-refractivity contribution < 1.29 is 4.74 Å². The lowest BCUT2D eigenvalue weighted by molar-refractivity contribution is 0.309. The topological polar surface area (TPSA) is 33.0 Å². The Kier molecular flexibility index (Phi) is 4.10. The summed E-state index contributed by atoms with van der Waals surface area (Å²) in [6.07, 6.45) is 1.50. The summed E-state index contributed by atoms with van der Waals surface area (Å²) in [4.78, 5) is 0. The lowest BCUT2D eigenvalue weighted by atomic mass is 10.5. The quantitative estimate of drug-likeness (QED) is 0.321. The summed E-state index contributed by atoms with van der Waals surface area (Å²) in [5.74, 6) is 0.580. The Morgan fingerprint density at radius 1 is 2.00 bits per heavy atom. The zero-order valence-corrected chi connectivity index (χ0v) is 5.27. The van der Waals surface area contributed by atoms with Crippen LogP contribution in [0.3, 0.4) is 0 Å². The molecule has 0 saturated carbocycles. The van der Waals surface area contributed by atoms with Crippen LogP contribution in [0.5, 0.6) is 0 Å². The molecule has 0 spiro atoms. The van der Waals surface area contributed by atoms with Gasteiger partial charge in [0.2, 0.25) is 0 Å². The van der Waals surface area contributed by atoms with Gasteiger partial charge >= 0.3 is 0 Å². The predicted octanol–water partition coefficient (Wildman–Crippen LogP) is 1.28. The van der Waals surface area contributed by atoms with Crippen molar-refractivity contribution in [2.45, 2.75) is 0 Å². The van der Waals surface area contributed by atoms with Crippen LogP contribution in [0.25, 0.3) is 0 Å². The molecule has 0 N–H and O–H groups in total. The lowest BCUT2D eigenvalue weighted by Gasteiger charge is -1.89. The van der Waals surface area contributed by atoms with Gasteiger partial charge in [-0.05, 0) is 6.08 Å². The van der Waals surface area contributed by atoms with E-state index in [-0.39, 0.29) is 5.76 Å². The fraction of sp³-hybridized carbons (Fsp3) is 0.400. The molecule has 0 aromatic heterocycles. The second-order valence-electron chi connectivity index (χ2n) is 1.04. The van der Waals surface area contributed by atoms with Crippen LogP contribution < -0.4 is 0 Å². The number of ether oxygens (including phenoxy) is 1. The number of nitriles is 1. The van der Waals surface area contributed by atoms with Gasteiger partial charge in [0.15, 0.2) is 5.76 Å². The molecule has 2 nitrogen and oxygen atoms in total. The van der Waals surface area contributed by atoms with Crippen LogP contribution in [0.2, 0.25) is 0 Å². The van der Waals surface area contributed by atoms with Gasteiger partial charge in [0.05, 0.1) is 7.11 Å². The van der Waals surface area contributed by atoms with Gasteiger partial charge in [0, 0.05) is 5.88 Å². The second-order valence-corrected chi connectivity index (χ2v) is 1.35. The van der Waals surface area contributed by atoms with Gasteiger partial charge in [-0.25, -0.2) is 0 Å². The first kappa shape index (κ1) is 7.32. The van der Waals surface area contributed by atoms with E-state index < -0.39 is 0 Å². The summed E-state index contributed by atoms with van der Waals surface area (Å²) < 4.78 is 4.56. The van der Waals surface area contributed by atoms with Crippen LogP contribution in [0, 0.1) is 11.3 Å². The van der Waals surface area contributed by atoms with E-state index in [9.17, 15) is 0 Å². The van der Waals surface area contributed by atoms with Crippen molar-refractivity contribution in [3.63, 3.8) is 0 Å². The standard InChI is InChI=1S/C5H6ClNO/c1-8-5(4-7)2-3-6/h2H,3H2,1H3/b5-2-. The van der Waals surface area contributed by atoms with Crippen molar-refractivity contribution in [2.24, 2.45) is 0 Å². The average molecular weight is 132 g/mol. The maximum atomic E-state index is 8.16. The van der Waals surface area contributed by atoms with Gasteiger partial charge < -0.3 is 4.74 Å². The van der Waals surface area contributed by atoms with E-state index in [1.165, 1.54) is 13.2 Å². The molecule has 0 bridgehead atoms. The largest absolute Gasteiger partial charge is 0.487 e. The van der Waals surface area contributed by atoms with E-state index >= 15 is 0 Å². The van der Waals surface area contributed by atoms with Gasteiger partial charge in [-0.1, -0.05) is 0 Å². The summed E-state index contributed by atoms with van der Waals surface area (Å²) in [7, 11) is 1.43. The SMILES string of the molecule is CO/C(C#N)=C\CCl. The number of nitrogens with zero attached hydrogens (tertiary/aromatic N) is 1. The van der Waals surface area contributed by atoms with E-state index in [0.29, 0.717) is 5.88 Å². The second kappa shape index (κ2) is 4.48. The molecule has 0 atom stereocenters. The van der Waals surface area contributed by atoms with E-state index in [2.05, 4.69) is 4.74 Å². The number of methoxy groups -OCH3 is 1. The summed E-state index contributed by atoms with van der Waals surface area (Å²) in [5.41, 5.74) is 0. The monoisotopic (exact) mass is 131 g/mol. The third-order valence-electron chi connectivity index (χ3n) is 0.593. The van der Waals surface area contributed by atoms with E-state index in [1.54, 1.807) is 0 Å². The van der Waals surface area contributed by atoms with Gasteiger partial charge in [0.25, 0.3) is 0 Å². The number of hydrogen-bond acceptors (Lipinski definition) is 2. The lowest BCUT2D eigenvalue weighted by Crippen LogP contribution is -1.80. The van der Waals surface area contributed by atoms with Gasteiger partial charge in [0.1, 0.15) is 6.07 Å². The Balaban J connectivity index is 3.72. The number of rotatable bonds is 2. The first-order valence-corrected chi connectivity index (χ1v) is 2.58. The number of allylic oxidation sites excluding steroid dienone is 2. The number of hydrogen-bond donors (Lipinski definition) is 0. The molecule has 0 aliphatic rings. The van der Waals surface area contributed by atoms with Crippen LogP contribution >= 0.6 is 11.6 Å². The Hall–Kier alpha value is -0.680. The maximum absolute atomic E-state index is 8.16. The van der Waals surface area contributed by atoms with Crippen LogP contribution in [0.4, 0.5) is 0 Å². The van der Waals surface area contributed by atoms with Crippen molar-refractivity contribution in [2.75, 3.05) is 13.0 Å². The fourth-order valence-electron chi connectivity index (χ4n) is 0.245. The van der Waals surface area contributed by atoms with Gasteiger partial charge in [-0.2, -0.15) is 5.26 Å². The summed E-state index contributed by atoms with van der Waals surface area (Å²) in [5, 5.41) is 8.16. The first-order chi connectivity index (χ1) is 3.85. The Morgan fingerprint density at radius 2 is 2.62 bits per heavy atom. The Morgan fingerprint density at radius 3 is 2.75 bits per heavy atom. The normalized spacial score (nSPS) is 10.4. The molecule has 0 aromatic rings. The molecule has 0 unspecified atom stereocenters. The molecule has 0 rings (SSSR count). The molecule has 8 heavy (non-hydrogen) atoms.